The molecule has 3 heterocycles. The summed E-state index contributed by atoms with van der Waals surface area (Å²) < 4.78 is 0. The molecular formula is C29H39N5O2. The largest absolute Gasteiger partial charge is 0.356 e. The number of hydrogen-bond donors (Lipinski definition) is 2. The quantitative estimate of drug-likeness (QED) is 0.595. The van der Waals surface area contributed by atoms with Gasteiger partial charge in [-0.05, 0) is 99.5 Å². The Labute approximate surface area is 214 Å². The van der Waals surface area contributed by atoms with E-state index in [1.165, 1.54) is 30.4 Å². The van der Waals surface area contributed by atoms with Gasteiger partial charge >= 0.3 is 0 Å². The number of rotatable bonds is 8. The van der Waals surface area contributed by atoms with Crippen molar-refractivity contribution in [2.24, 2.45) is 11.8 Å². The van der Waals surface area contributed by atoms with Crippen LogP contribution in [0.4, 0.5) is 5.69 Å². The smallest absolute Gasteiger partial charge is 0.228 e. The number of pyridine rings is 1. The second-order valence-corrected chi connectivity index (χ2v) is 10.9. The fraction of sp³-hybridized carbons (Fsp3) is 0.552. The van der Waals surface area contributed by atoms with Crippen LogP contribution in [-0.4, -0.2) is 65.9 Å². The van der Waals surface area contributed by atoms with Crippen molar-refractivity contribution >= 4 is 17.5 Å². The number of nitrogens with one attached hydrogen (secondary N) is 2. The number of carbonyl (C=O) groups is 2. The standard InChI is InChI=1S/C29H39N5O2/c1-33-15-3-6-27(33)11-14-31-28(35)24-16-25(20-34(19-24)18-21-9-12-30-13-10-21)29(36)32-26-8-7-22-4-2-5-23(22)17-26/h7-10,12-13,17,24-25,27H,2-6,11,14-16,18-20H2,1H3,(H,31,35)(H,32,36)/t24-,25+,27?/m0/s1. The Bertz CT molecular complexity index is 1060. The number of amides is 2. The lowest BCUT2D eigenvalue weighted by atomic mass is 9.87. The fourth-order valence-corrected chi connectivity index (χ4v) is 6.19. The van der Waals surface area contributed by atoms with Crippen LogP contribution in [0.2, 0.25) is 0 Å². The van der Waals surface area contributed by atoms with Gasteiger partial charge in [-0.3, -0.25) is 19.5 Å². The van der Waals surface area contributed by atoms with E-state index in [2.05, 4.69) is 44.6 Å². The van der Waals surface area contributed by atoms with Gasteiger partial charge < -0.3 is 15.5 Å². The summed E-state index contributed by atoms with van der Waals surface area (Å²) in [6.07, 6.45) is 11.0. The van der Waals surface area contributed by atoms with Crippen molar-refractivity contribution < 1.29 is 9.59 Å². The van der Waals surface area contributed by atoms with Crippen molar-refractivity contribution in [2.45, 2.75) is 57.5 Å². The zero-order chi connectivity index (χ0) is 24.9. The number of aryl methyl sites for hydroxylation is 2. The molecule has 2 fully saturated rings. The van der Waals surface area contributed by atoms with Crippen LogP contribution in [0.15, 0.2) is 42.7 Å². The highest BCUT2D eigenvalue weighted by atomic mass is 16.2. The molecular weight excluding hydrogens is 450 g/mol. The van der Waals surface area contributed by atoms with Gasteiger partial charge in [0.25, 0.3) is 0 Å². The SMILES string of the molecule is CN1CCCC1CCNC(=O)[C@H]1C[C@@H](C(=O)Nc2ccc3c(c2)CCC3)CN(Cc2ccncc2)C1. The highest BCUT2D eigenvalue weighted by Gasteiger charge is 2.35. The summed E-state index contributed by atoms with van der Waals surface area (Å²) >= 11 is 0. The molecule has 192 valence electrons. The molecule has 3 aliphatic rings. The molecule has 0 saturated carbocycles. The number of likely N-dealkylation sites (tertiary alicyclic amines) is 2. The van der Waals surface area contributed by atoms with Crippen LogP contribution >= 0.6 is 0 Å². The molecule has 0 bridgehead atoms. The van der Waals surface area contributed by atoms with Crippen molar-refractivity contribution in [3.05, 3.63) is 59.4 Å². The average molecular weight is 490 g/mol. The van der Waals surface area contributed by atoms with E-state index in [9.17, 15) is 9.59 Å². The molecule has 0 radical (unpaired) electrons. The molecule has 5 rings (SSSR count). The van der Waals surface area contributed by atoms with E-state index in [0.29, 0.717) is 38.6 Å². The van der Waals surface area contributed by atoms with E-state index < -0.39 is 0 Å². The second-order valence-electron chi connectivity index (χ2n) is 10.9. The summed E-state index contributed by atoms with van der Waals surface area (Å²) in [5.74, 6) is -0.341. The topological polar surface area (TPSA) is 77.6 Å². The minimum atomic E-state index is -0.231. The molecule has 7 heteroatoms. The lowest BCUT2D eigenvalue weighted by Crippen LogP contribution is -2.49. The van der Waals surface area contributed by atoms with Crippen LogP contribution in [0.3, 0.4) is 0 Å². The van der Waals surface area contributed by atoms with Crippen LogP contribution in [-0.2, 0) is 29.0 Å². The van der Waals surface area contributed by atoms with Crippen molar-refractivity contribution in [3.63, 3.8) is 0 Å². The third-order valence-electron chi connectivity index (χ3n) is 8.24. The Morgan fingerprint density at radius 2 is 1.78 bits per heavy atom. The predicted molar refractivity (Wildman–Crippen MR) is 141 cm³/mol. The van der Waals surface area contributed by atoms with Crippen molar-refractivity contribution in [2.75, 3.05) is 38.5 Å². The van der Waals surface area contributed by atoms with Gasteiger partial charge in [0.1, 0.15) is 0 Å². The second kappa shape index (κ2) is 11.5. The number of fused-ring (bicyclic) bond motifs is 1. The fourth-order valence-electron chi connectivity index (χ4n) is 6.19. The van der Waals surface area contributed by atoms with E-state index >= 15 is 0 Å². The lowest BCUT2D eigenvalue weighted by Gasteiger charge is -2.36. The third-order valence-corrected chi connectivity index (χ3v) is 8.24. The molecule has 7 nitrogen and oxygen atoms in total. The van der Waals surface area contributed by atoms with Gasteiger partial charge in [0.15, 0.2) is 0 Å². The molecule has 1 aromatic heterocycles. The minimum Gasteiger partial charge on any atom is -0.356 e. The first-order valence-corrected chi connectivity index (χ1v) is 13.6. The third kappa shape index (κ3) is 6.13. The molecule has 1 aliphatic carbocycles. The van der Waals surface area contributed by atoms with Gasteiger partial charge in [0.2, 0.25) is 11.8 Å². The number of benzene rings is 1. The van der Waals surface area contributed by atoms with E-state index in [1.807, 2.05) is 18.2 Å². The van der Waals surface area contributed by atoms with Gasteiger partial charge in [-0.25, -0.2) is 0 Å². The van der Waals surface area contributed by atoms with E-state index in [0.717, 1.165) is 37.1 Å². The number of carbonyl (C=O) groups excluding carboxylic acids is 2. The first-order chi connectivity index (χ1) is 17.5. The van der Waals surface area contributed by atoms with E-state index in [-0.39, 0.29) is 23.7 Å². The molecule has 2 aromatic rings. The normalized spacial score (nSPS) is 24.4. The first kappa shape index (κ1) is 24.9. The summed E-state index contributed by atoms with van der Waals surface area (Å²) in [5.41, 5.74) is 4.76. The maximum absolute atomic E-state index is 13.4. The summed E-state index contributed by atoms with van der Waals surface area (Å²) in [7, 11) is 2.17. The highest BCUT2D eigenvalue weighted by molar-refractivity contribution is 5.93. The van der Waals surface area contributed by atoms with Gasteiger partial charge in [0.05, 0.1) is 11.8 Å². The van der Waals surface area contributed by atoms with Crippen LogP contribution in [0, 0.1) is 11.8 Å². The minimum absolute atomic E-state index is 0.0118. The Hall–Kier alpha value is -2.77. The van der Waals surface area contributed by atoms with Crippen molar-refractivity contribution in [1.82, 2.24) is 20.1 Å². The van der Waals surface area contributed by atoms with Crippen molar-refractivity contribution in [3.8, 4) is 0 Å². The maximum atomic E-state index is 13.4. The molecule has 1 unspecified atom stereocenters. The Morgan fingerprint density at radius 1 is 1.00 bits per heavy atom. The average Bonchev–Trinajstić information content (AvgIpc) is 3.52. The molecule has 2 amide bonds. The van der Waals surface area contributed by atoms with Gasteiger partial charge in [-0.15, -0.1) is 0 Å². The van der Waals surface area contributed by atoms with Crippen LogP contribution in [0.1, 0.15) is 48.8 Å². The van der Waals surface area contributed by atoms with Crippen molar-refractivity contribution in [1.29, 1.82) is 0 Å². The number of anilines is 1. The first-order valence-electron chi connectivity index (χ1n) is 13.6. The summed E-state index contributed by atoms with van der Waals surface area (Å²) in [6.45, 7) is 3.87. The Balaban J connectivity index is 1.23. The van der Waals surface area contributed by atoms with Crippen LogP contribution in [0.25, 0.3) is 0 Å². The summed E-state index contributed by atoms with van der Waals surface area (Å²) in [4.78, 5) is 35.3. The van der Waals surface area contributed by atoms with E-state index in [4.69, 9.17) is 0 Å². The number of piperidine rings is 1. The zero-order valence-corrected chi connectivity index (χ0v) is 21.4. The number of aromatic nitrogens is 1. The lowest BCUT2D eigenvalue weighted by molar-refractivity contribution is -0.130. The molecule has 3 atom stereocenters. The van der Waals surface area contributed by atoms with Crippen LogP contribution < -0.4 is 10.6 Å². The number of hydrogen-bond acceptors (Lipinski definition) is 5. The highest BCUT2D eigenvalue weighted by Crippen LogP contribution is 2.28. The molecule has 0 spiro atoms. The molecule has 36 heavy (non-hydrogen) atoms. The predicted octanol–water partition coefficient (Wildman–Crippen LogP) is 3.25. The summed E-state index contributed by atoms with van der Waals surface area (Å²) in [5, 5.41) is 6.35. The van der Waals surface area contributed by atoms with Gasteiger partial charge in [0, 0.05) is 50.3 Å². The van der Waals surface area contributed by atoms with E-state index in [1.54, 1.807) is 12.4 Å². The monoisotopic (exact) mass is 489 g/mol. The molecule has 2 aliphatic heterocycles. The summed E-state index contributed by atoms with van der Waals surface area (Å²) in [6, 6.07) is 10.9. The maximum Gasteiger partial charge on any atom is 0.228 e. The number of nitrogens with zero attached hydrogens (tertiary/aromatic N) is 3. The van der Waals surface area contributed by atoms with Crippen LogP contribution in [0.5, 0.6) is 0 Å². The molecule has 2 saturated heterocycles. The molecule has 2 N–H and O–H groups in total. The van der Waals surface area contributed by atoms with Gasteiger partial charge in [-0.1, -0.05) is 6.07 Å². The van der Waals surface area contributed by atoms with Gasteiger partial charge in [-0.2, -0.15) is 0 Å². The Kier molecular flexibility index (Phi) is 7.97. The zero-order valence-electron chi connectivity index (χ0n) is 21.4. The Morgan fingerprint density at radius 3 is 2.56 bits per heavy atom. The molecule has 1 aromatic carbocycles.